The summed E-state index contributed by atoms with van der Waals surface area (Å²) in [4.78, 5) is 0. The van der Waals surface area contributed by atoms with E-state index in [2.05, 4.69) is 19.2 Å². The lowest BCUT2D eigenvalue weighted by Gasteiger charge is -2.34. The molecule has 1 aliphatic heterocycles. The Morgan fingerprint density at radius 1 is 1.27 bits per heavy atom. The van der Waals surface area contributed by atoms with Crippen LogP contribution < -0.4 is 11.1 Å². The van der Waals surface area contributed by atoms with E-state index < -0.39 is 0 Å². The molecule has 0 unspecified atom stereocenters. The first-order chi connectivity index (χ1) is 7.20. The molecule has 1 rings (SSSR count). The van der Waals surface area contributed by atoms with Crippen molar-refractivity contribution in [1.29, 1.82) is 0 Å². The van der Waals surface area contributed by atoms with Gasteiger partial charge in [0.25, 0.3) is 0 Å². The van der Waals surface area contributed by atoms with Crippen LogP contribution in [0.1, 0.15) is 39.5 Å². The molecule has 0 radical (unpaired) electrons. The SMILES string of the molecule is CCC(CC)CNCC1(N)CCOCC1. The molecule has 0 bridgehead atoms. The van der Waals surface area contributed by atoms with E-state index in [4.69, 9.17) is 10.5 Å². The van der Waals surface area contributed by atoms with Gasteiger partial charge >= 0.3 is 0 Å². The molecule has 0 saturated carbocycles. The maximum atomic E-state index is 6.29. The highest BCUT2D eigenvalue weighted by Crippen LogP contribution is 2.16. The molecular weight excluding hydrogens is 188 g/mol. The van der Waals surface area contributed by atoms with Gasteiger partial charge in [0.15, 0.2) is 0 Å². The van der Waals surface area contributed by atoms with Gasteiger partial charge in [-0.2, -0.15) is 0 Å². The molecule has 3 heteroatoms. The molecule has 0 aromatic rings. The lowest BCUT2D eigenvalue weighted by atomic mass is 9.91. The van der Waals surface area contributed by atoms with Crippen molar-refractivity contribution in [2.45, 2.75) is 45.1 Å². The Balaban J connectivity index is 2.17. The molecule has 1 saturated heterocycles. The number of rotatable bonds is 6. The van der Waals surface area contributed by atoms with Crippen LogP contribution in [-0.2, 0) is 4.74 Å². The summed E-state index contributed by atoms with van der Waals surface area (Å²) in [7, 11) is 0. The van der Waals surface area contributed by atoms with Crippen LogP contribution in [0.5, 0.6) is 0 Å². The average molecular weight is 214 g/mol. The monoisotopic (exact) mass is 214 g/mol. The van der Waals surface area contributed by atoms with E-state index in [-0.39, 0.29) is 5.54 Å². The Morgan fingerprint density at radius 2 is 1.87 bits per heavy atom. The number of nitrogens with two attached hydrogens (primary N) is 1. The molecule has 15 heavy (non-hydrogen) atoms. The third-order valence-corrected chi connectivity index (χ3v) is 3.55. The van der Waals surface area contributed by atoms with Crippen LogP contribution in [0, 0.1) is 5.92 Å². The summed E-state index contributed by atoms with van der Waals surface area (Å²) in [6, 6.07) is 0. The molecule has 0 aromatic carbocycles. The van der Waals surface area contributed by atoms with Gasteiger partial charge in [-0.3, -0.25) is 0 Å². The summed E-state index contributed by atoms with van der Waals surface area (Å²) < 4.78 is 5.33. The minimum Gasteiger partial charge on any atom is -0.381 e. The molecule has 1 heterocycles. The van der Waals surface area contributed by atoms with Gasteiger partial charge < -0.3 is 15.8 Å². The van der Waals surface area contributed by atoms with Gasteiger partial charge in [0.2, 0.25) is 0 Å². The molecule has 1 fully saturated rings. The Hall–Kier alpha value is -0.120. The van der Waals surface area contributed by atoms with Gasteiger partial charge in [0, 0.05) is 25.3 Å². The van der Waals surface area contributed by atoms with Gasteiger partial charge in [-0.25, -0.2) is 0 Å². The van der Waals surface area contributed by atoms with Crippen LogP contribution >= 0.6 is 0 Å². The number of ether oxygens (including phenoxy) is 1. The van der Waals surface area contributed by atoms with Crippen molar-refractivity contribution < 1.29 is 4.74 Å². The highest BCUT2D eigenvalue weighted by molar-refractivity contribution is 4.88. The third kappa shape index (κ3) is 4.49. The smallest absolute Gasteiger partial charge is 0.0484 e. The highest BCUT2D eigenvalue weighted by atomic mass is 16.5. The number of hydrogen-bond acceptors (Lipinski definition) is 3. The fourth-order valence-corrected chi connectivity index (χ4v) is 2.06. The van der Waals surface area contributed by atoms with Crippen LogP contribution in [0.4, 0.5) is 0 Å². The van der Waals surface area contributed by atoms with Crippen molar-refractivity contribution in [1.82, 2.24) is 5.32 Å². The fourth-order valence-electron chi connectivity index (χ4n) is 2.06. The molecule has 90 valence electrons. The van der Waals surface area contributed by atoms with Crippen molar-refractivity contribution in [2.75, 3.05) is 26.3 Å². The Kier molecular flexibility index (Phi) is 5.58. The molecule has 0 aromatic heterocycles. The maximum absolute atomic E-state index is 6.29. The quantitative estimate of drug-likeness (QED) is 0.705. The molecule has 1 aliphatic rings. The van der Waals surface area contributed by atoms with Crippen LogP contribution in [0.15, 0.2) is 0 Å². The number of hydrogen-bond donors (Lipinski definition) is 2. The van der Waals surface area contributed by atoms with Crippen molar-refractivity contribution in [3.05, 3.63) is 0 Å². The zero-order valence-corrected chi connectivity index (χ0v) is 10.2. The third-order valence-electron chi connectivity index (χ3n) is 3.55. The predicted molar refractivity (Wildman–Crippen MR) is 63.9 cm³/mol. The molecule has 0 aliphatic carbocycles. The van der Waals surface area contributed by atoms with Crippen molar-refractivity contribution >= 4 is 0 Å². The summed E-state index contributed by atoms with van der Waals surface area (Å²) in [5.41, 5.74) is 6.26. The topological polar surface area (TPSA) is 47.3 Å². The molecule has 0 spiro atoms. The first-order valence-corrected chi connectivity index (χ1v) is 6.27. The highest BCUT2D eigenvalue weighted by Gasteiger charge is 2.27. The molecule has 0 atom stereocenters. The zero-order chi connectivity index (χ0) is 11.1. The van der Waals surface area contributed by atoms with Crippen LogP contribution in [0.2, 0.25) is 0 Å². The van der Waals surface area contributed by atoms with E-state index >= 15 is 0 Å². The molecule has 0 amide bonds. The van der Waals surface area contributed by atoms with E-state index in [0.717, 1.165) is 45.1 Å². The van der Waals surface area contributed by atoms with Crippen molar-refractivity contribution in [2.24, 2.45) is 11.7 Å². The van der Waals surface area contributed by atoms with Crippen LogP contribution in [0.3, 0.4) is 0 Å². The van der Waals surface area contributed by atoms with Crippen LogP contribution in [0.25, 0.3) is 0 Å². The maximum Gasteiger partial charge on any atom is 0.0484 e. The minimum absolute atomic E-state index is 0.0235. The summed E-state index contributed by atoms with van der Waals surface area (Å²) in [6.45, 7) is 8.19. The first-order valence-electron chi connectivity index (χ1n) is 6.27. The summed E-state index contributed by atoms with van der Waals surface area (Å²) in [5.74, 6) is 0.799. The Labute approximate surface area is 93.8 Å². The molecule has 3 N–H and O–H groups in total. The molecule has 3 nitrogen and oxygen atoms in total. The fraction of sp³-hybridized carbons (Fsp3) is 1.00. The van der Waals surface area contributed by atoms with E-state index in [1.165, 1.54) is 12.8 Å². The zero-order valence-electron chi connectivity index (χ0n) is 10.2. The normalized spacial score (nSPS) is 20.8. The van der Waals surface area contributed by atoms with E-state index in [9.17, 15) is 0 Å². The van der Waals surface area contributed by atoms with E-state index in [1.54, 1.807) is 0 Å². The van der Waals surface area contributed by atoms with E-state index in [1.807, 2.05) is 0 Å². The van der Waals surface area contributed by atoms with Crippen LogP contribution in [-0.4, -0.2) is 31.8 Å². The second kappa shape index (κ2) is 6.46. The van der Waals surface area contributed by atoms with Gasteiger partial charge in [-0.1, -0.05) is 26.7 Å². The molecular formula is C12H26N2O. The van der Waals surface area contributed by atoms with Gasteiger partial charge in [0.05, 0.1) is 0 Å². The van der Waals surface area contributed by atoms with Gasteiger partial charge in [-0.15, -0.1) is 0 Å². The standard InChI is InChI=1S/C12H26N2O/c1-3-11(4-2)9-14-10-12(13)5-7-15-8-6-12/h11,14H,3-10,13H2,1-2H3. The first kappa shape index (κ1) is 12.9. The summed E-state index contributed by atoms with van der Waals surface area (Å²) in [6.07, 6.45) is 4.49. The Morgan fingerprint density at radius 3 is 2.40 bits per heavy atom. The predicted octanol–water partition coefficient (Wildman–Crippen LogP) is 1.52. The van der Waals surface area contributed by atoms with Crippen molar-refractivity contribution in [3.8, 4) is 0 Å². The van der Waals surface area contributed by atoms with Crippen molar-refractivity contribution in [3.63, 3.8) is 0 Å². The summed E-state index contributed by atoms with van der Waals surface area (Å²) >= 11 is 0. The lowest BCUT2D eigenvalue weighted by molar-refractivity contribution is 0.0528. The second-order valence-corrected chi connectivity index (χ2v) is 4.79. The number of nitrogens with one attached hydrogen (secondary N) is 1. The Bertz CT molecular complexity index is 163. The largest absolute Gasteiger partial charge is 0.381 e. The summed E-state index contributed by atoms with van der Waals surface area (Å²) in [5, 5.41) is 3.52. The lowest BCUT2D eigenvalue weighted by Crippen LogP contribution is -2.52. The van der Waals surface area contributed by atoms with E-state index in [0.29, 0.717) is 0 Å². The van der Waals surface area contributed by atoms with Gasteiger partial charge in [-0.05, 0) is 25.3 Å². The second-order valence-electron chi connectivity index (χ2n) is 4.79. The minimum atomic E-state index is -0.0235. The van der Waals surface area contributed by atoms with Gasteiger partial charge in [0.1, 0.15) is 0 Å². The average Bonchev–Trinajstić information content (AvgIpc) is 2.25.